The lowest BCUT2D eigenvalue weighted by atomic mass is 10.0. The lowest BCUT2D eigenvalue weighted by Crippen LogP contribution is -2.38. The van der Waals surface area contributed by atoms with Crippen molar-refractivity contribution in [2.24, 2.45) is 10.4 Å². The van der Waals surface area contributed by atoms with Crippen molar-refractivity contribution >= 4 is 5.96 Å². The highest BCUT2D eigenvalue weighted by atomic mass is 16.7. The Labute approximate surface area is 156 Å². The smallest absolute Gasteiger partial charge is 0.231 e. The molecule has 2 aliphatic rings. The molecular formula is C20H31N3O3. The van der Waals surface area contributed by atoms with Gasteiger partial charge in [-0.25, -0.2) is 0 Å². The molecule has 6 heteroatoms. The minimum atomic E-state index is 0.319. The lowest BCUT2D eigenvalue weighted by molar-refractivity contribution is 0.129. The second kappa shape index (κ2) is 9.12. The quantitative estimate of drug-likeness (QED) is 0.381. The van der Waals surface area contributed by atoms with Crippen LogP contribution in [-0.4, -0.2) is 45.6 Å². The summed E-state index contributed by atoms with van der Waals surface area (Å²) in [7, 11) is 0. The minimum absolute atomic E-state index is 0.319. The van der Waals surface area contributed by atoms with E-state index in [2.05, 4.69) is 29.7 Å². The number of hydrogen-bond acceptors (Lipinski definition) is 4. The van der Waals surface area contributed by atoms with Gasteiger partial charge >= 0.3 is 0 Å². The number of benzene rings is 1. The lowest BCUT2D eigenvalue weighted by Gasteiger charge is -2.15. The van der Waals surface area contributed by atoms with E-state index < -0.39 is 0 Å². The maximum atomic E-state index is 5.51. The number of aliphatic imine (C=N–C) groups is 1. The van der Waals surface area contributed by atoms with E-state index in [9.17, 15) is 0 Å². The fourth-order valence-electron chi connectivity index (χ4n) is 3.11. The molecule has 1 aliphatic carbocycles. The highest BCUT2D eigenvalue weighted by Gasteiger charge is 2.41. The van der Waals surface area contributed by atoms with Gasteiger partial charge in [0.1, 0.15) is 0 Å². The molecule has 0 bridgehead atoms. The molecule has 2 N–H and O–H groups in total. The number of rotatable bonds is 10. The molecule has 0 spiro atoms. The van der Waals surface area contributed by atoms with Crippen molar-refractivity contribution in [2.75, 3.05) is 39.6 Å². The summed E-state index contributed by atoms with van der Waals surface area (Å²) in [6.45, 7) is 8.67. The molecule has 1 fully saturated rings. The van der Waals surface area contributed by atoms with Gasteiger partial charge in [-0.1, -0.05) is 6.07 Å². The Hall–Kier alpha value is -1.95. The van der Waals surface area contributed by atoms with Crippen LogP contribution >= 0.6 is 0 Å². The van der Waals surface area contributed by atoms with E-state index in [1.807, 2.05) is 13.0 Å². The maximum Gasteiger partial charge on any atom is 0.231 e. The summed E-state index contributed by atoms with van der Waals surface area (Å²) in [4.78, 5) is 4.81. The van der Waals surface area contributed by atoms with Crippen molar-refractivity contribution in [3.8, 4) is 11.5 Å². The van der Waals surface area contributed by atoms with Crippen LogP contribution in [0.3, 0.4) is 0 Å². The van der Waals surface area contributed by atoms with Gasteiger partial charge in [-0.05, 0) is 62.6 Å². The summed E-state index contributed by atoms with van der Waals surface area (Å²) >= 11 is 0. The van der Waals surface area contributed by atoms with Gasteiger partial charge < -0.3 is 24.8 Å². The summed E-state index contributed by atoms with van der Waals surface area (Å²) in [6, 6.07) is 6.12. The zero-order chi connectivity index (χ0) is 18.2. The third kappa shape index (κ3) is 5.27. The largest absolute Gasteiger partial charge is 0.454 e. The van der Waals surface area contributed by atoms with E-state index >= 15 is 0 Å². The number of fused-ring (bicyclic) bond motifs is 1. The van der Waals surface area contributed by atoms with Crippen LogP contribution in [0.4, 0.5) is 0 Å². The molecule has 0 radical (unpaired) electrons. The third-order valence-corrected chi connectivity index (χ3v) is 5.00. The molecule has 1 saturated carbocycles. The van der Waals surface area contributed by atoms with Gasteiger partial charge in [-0.15, -0.1) is 0 Å². The molecular weight excluding hydrogens is 330 g/mol. The SMILES string of the molecule is CCNC(=NCC1(CCOCC)CC1)NCCc1ccc2c(c1)OCO2. The Morgan fingerprint density at radius 1 is 1.19 bits per heavy atom. The summed E-state index contributed by atoms with van der Waals surface area (Å²) in [5, 5.41) is 6.78. The first-order chi connectivity index (χ1) is 12.7. The maximum absolute atomic E-state index is 5.51. The van der Waals surface area contributed by atoms with Crippen molar-refractivity contribution in [1.82, 2.24) is 10.6 Å². The molecule has 3 rings (SSSR count). The van der Waals surface area contributed by atoms with E-state index in [1.165, 1.54) is 18.4 Å². The summed E-state index contributed by atoms with van der Waals surface area (Å²) in [6.07, 6.45) is 4.55. The summed E-state index contributed by atoms with van der Waals surface area (Å²) in [5.41, 5.74) is 1.60. The zero-order valence-corrected chi connectivity index (χ0v) is 16.0. The van der Waals surface area contributed by atoms with Crippen molar-refractivity contribution in [3.63, 3.8) is 0 Å². The Morgan fingerprint density at radius 2 is 2.04 bits per heavy atom. The molecule has 0 unspecified atom stereocenters. The Balaban J connectivity index is 1.46. The Bertz CT molecular complexity index is 614. The van der Waals surface area contributed by atoms with E-state index in [1.54, 1.807) is 0 Å². The minimum Gasteiger partial charge on any atom is -0.454 e. The zero-order valence-electron chi connectivity index (χ0n) is 16.0. The fraction of sp³-hybridized carbons (Fsp3) is 0.650. The van der Waals surface area contributed by atoms with Crippen molar-refractivity contribution < 1.29 is 14.2 Å². The number of nitrogens with one attached hydrogen (secondary N) is 2. The van der Waals surface area contributed by atoms with Gasteiger partial charge in [-0.2, -0.15) is 0 Å². The Kier molecular flexibility index (Phi) is 6.61. The van der Waals surface area contributed by atoms with E-state index in [-0.39, 0.29) is 0 Å². The van der Waals surface area contributed by atoms with Gasteiger partial charge in [0.25, 0.3) is 0 Å². The van der Waals surface area contributed by atoms with E-state index in [0.717, 1.165) is 63.1 Å². The van der Waals surface area contributed by atoms with Crippen LogP contribution < -0.4 is 20.1 Å². The first-order valence-electron chi connectivity index (χ1n) is 9.73. The highest BCUT2D eigenvalue weighted by Crippen LogP contribution is 2.49. The molecule has 1 heterocycles. The predicted molar refractivity (Wildman–Crippen MR) is 103 cm³/mol. The van der Waals surface area contributed by atoms with Crippen LogP contribution in [-0.2, 0) is 11.2 Å². The molecule has 0 saturated heterocycles. The molecule has 0 aromatic heterocycles. The average molecular weight is 361 g/mol. The molecule has 6 nitrogen and oxygen atoms in total. The number of nitrogens with zero attached hydrogens (tertiary/aromatic N) is 1. The summed E-state index contributed by atoms with van der Waals surface area (Å²) < 4.78 is 16.3. The Morgan fingerprint density at radius 3 is 2.81 bits per heavy atom. The highest BCUT2D eigenvalue weighted by molar-refractivity contribution is 5.79. The first kappa shape index (κ1) is 18.8. The van der Waals surface area contributed by atoms with E-state index in [0.29, 0.717) is 12.2 Å². The van der Waals surface area contributed by atoms with Crippen LogP contribution in [0.5, 0.6) is 11.5 Å². The summed E-state index contributed by atoms with van der Waals surface area (Å²) in [5.74, 6) is 2.57. The topological polar surface area (TPSA) is 64.1 Å². The molecule has 1 aromatic rings. The van der Waals surface area contributed by atoms with Gasteiger partial charge in [0, 0.05) is 32.8 Å². The molecule has 144 valence electrons. The van der Waals surface area contributed by atoms with Crippen LogP contribution in [0.2, 0.25) is 0 Å². The molecule has 1 aromatic carbocycles. The average Bonchev–Trinajstić information content (AvgIpc) is 3.26. The normalized spacial score (nSPS) is 17.2. The fourth-order valence-corrected chi connectivity index (χ4v) is 3.11. The van der Waals surface area contributed by atoms with Crippen LogP contribution in [0.1, 0.15) is 38.7 Å². The molecule has 1 aliphatic heterocycles. The van der Waals surface area contributed by atoms with E-state index in [4.69, 9.17) is 19.2 Å². The number of hydrogen-bond donors (Lipinski definition) is 2. The second-order valence-electron chi connectivity index (χ2n) is 7.01. The molecule has 26 heavy (non-hydrogen) atoms. The second-order valence-corrected chi connectivity index (χ2v) is 7.01. The number of guanidine groups is 1. The van der Waals surface area contributed by atoms with Crippen molar-refractivity contribution in [1.29, 1.82) is 0 Å². The van der Waals surface area contributed by atoms with Gasteiger partial charge in [0.15, 0.2) is 17.5 Å². The van der Waals surface area contributed by atoms with Gasteiger partial charge in [0.05, 0.1) is 0 Å². The first-order valence-corrected chi connectivity index (χ1v) is 9.73. The standard InChI is InChI=1S/C20H31N3O3/c1-3-21-19(23-14-20(8-9-20)10-12-24-4-2)22-11-7-16-5-6-17-18(13-16)26-15-25-17/h5-6,13H,3-4,7-12,14-15H2,1-2H3,(H2,21,22,23). The van der Waals surface area contributed by atoms with Crippen LogP contribution in [0.15, 0.2) is 23.2 Å². The number of ether oxygens (including phenoxy) is 3. The molecule has 0 amide bonds. The van der Waals surface area contributed by atoms with Crippen molar-refractivity contribution in [3.05, 3.63) is 23.8 Å². The molecule has 0 atom stereocenters. The van der Waals surface area contributed by atoms with Gasteiger partial charge in [0.2, 0.25) is 6.79 Å². The predicted octanol–water partition coefficient (Wildman–Crippen LogP) is 2.72. The van der Waals surface area contributed by atoms with Gasteiger partial charge in [-0.3, -0.25) is 4.99 Å². The van der Waals surface area contributed by atoms with Crippen LogP contribution in [0.25, 0.3) is 0 Å². The monoisotopic (exact) mass is 361 g/mol. The van der Waals surface area contributed by atoms with Crippen molar-refractivity contribution in [2.45, 2.75) is 39.5 Å². The van der Waals surface area contributed by atoms with Crippen LogP contribution in [0, 0.1) is 5.41 Å². The third-order valence-electron chi connectivity index (χ3n) is 5.00.